The molecule has 118 valence electrons. The van der Waals surface area contributed by atoms with Gasteiger partial charge in [0.1, 0.15) is 12.4 Å². The molecule has 0 aliphatic carbocycles. The maximum atomic E-state index is 12.1. The number of hydrogen-bond acceptors (Lipinski definition) is 3. The van der Waals surface area contributed by atoms with E-state index in [2.05, 4.69) is 10.8 Å². The van der Waals surface area contributed by atoms with Crippen molar-refractivity contribution in [3.05, 3.63) is 58.6 Å². The van der Waals surface area contributed by atoms with Crippen molar-refractivity contribution in [1.82, 2.24) is 4.72 Å². The van der Waals surface area contributed by atoms with Crippen LogP contribution < -0.4 is 9.46 Å². The Morgan fingerprint density at radius 1 is 1.09 bits per heavy atom. The predicted octanol–water partition coefficient (Wildman–Crippen LogP) is 3.31. The molecule has 4 nitrogen and oxygen atoms in total. The minimum atomic E-state index is -3.57. The lowest BCUT2D eigenvalue weighted by Crippen LogP contribution is -2.28. The third-order valence-corrected chi connectivity index (χ3v) is 4.66. The van der Waals surface area contributed by atoms with Gasteiger partial charge >= 0.3 is 0 Å². The summed E-state index contributed by atoms with van der Waals surface area (Å²) in [5.74, 6) is 0.736. The standard InChI is InChI=1S/C16H18ClNO3S/c1-12-8-13(2)10-15(9-12)21-7-6-18-22(19,20)16-5-3-4-14(17)11-16/h3-5,8-11,18H,6-7H2,1-2H3. The molecule has 0 aliphatic rings. The van der Waals surface area contributed by atoms with Gasteiger partial charge in [0.15, 0.2) is 0 Å². The topological polar surface area (TPSA) is 55.4 Å². The fraction of sp³-hybridized carbons (Fsp3) is 0.250. The average molecular weight is 340 g/mol. The van der Waals surface area contributed by atoms with Gasteiger partial charge in [-0.15, -0.1) is 0 Å². The lowest BCUT2D eigenvalue weighted by atomic mass is 10.1. The molecule has 0 fully saturated rings. The molecule has 0 saturated heterocycles. The molecule has 0 aliphatic heterocycles. The molecule has 0 aromatic heterocycles. The maximum absolute atomic E-state index is 12.1. The first-order chi connectivity index (χ1) is 10.4. The second kappa shape index (κ2) is 7.13. The third-order valence-electron chi connectivity index (χ3n) is 2.96. The smallest absolute Gasteiger partial charge is 0.240 e. The zero-order valence-corrected chi connectivity index (χ0v) is 14.0. The quantitative estimate of drug-likeness (QED) is 0.821. The van der Waals surface area contributed by atoms with Gasteiger partial charge in [-0.05, 0) is 55.3 Å². The van der Waals surface area contributed by atoms with Crippen molar-refractivity contribution in [1.29, 1.82) is 0 Å². The Balaban J connectivity index is 1.90. The Kier molecular flexibility index (Phi) is 5.45. The molecule has 6 heteroatoms. The first-order valence-corrected chi connectivity index (χ1v) is 8.69. The highest BCUT2D eigenvalue weighted by atomic mass is 35.5. The zero-order chi connectivity index (χ0) is 16.2. The van der Waals surface area contributed by atoms with Gasteiger partial charge in [0.2, 0.25) is 10.0 Å². The van der Waals surface area contributed by atoms with Crippen molar-refractivity contribution in [3.8, 4) is 5.75 Å². The van der Waals surface area contributed by atoms with E-state index >= 15 is 0 Å². The van der Waals surface area contributed by atoms with Gasteiger partial charge in [0, 0.05) is 11.6 Å². The molecule has 2 rings (SSSR count). The van der Waals surface area contributed by atoms with Crippen molar-refractivity contribution in [2.45, 2.75) is 18.7 Å². The molecule has 22 heavy (non-hydrogen) atoms. The van der Waals surface area contributed by atoms with Gasteiger partial charge in [-0.3, -0.25) is 0 Å². The molecular formula is C16H18ClNO3S. The maximum Gasteiger partial charge on any atom is 0.240 e. The summed E-state index contributed by atoms with van der Waals surface area (Å²) in [5, 5.41) is 0.384. The van der Waals surface area contributed by atoms with Crippen LogP contribution >= 0.6 is 11.6 Å². The van der Waals surface area contributed by atoms with E-state index in [-0.39, 0.29) is 18.0 Å². The van der Waals surface area contributed by atoms with Crippen LogP contribution in [-0.4, -0.2) is 21.6 Å². The van der Waals surface area contributed by atoms with Crippen LogP contribution in [-0.2, 0) is 10.0 Å². The van der Waals surface area contributed by atoms with Crippen LogP contribution in [0.3, 0.4) is 0 Å². The molecule has 0 spiro atoms. The fourth-order valence-corrected chi connectivity index (χ4v) is 3.39. The van der Waals surface area contributed by atoms with Gasteiger partial charge < -0.3 is 4.74 Å². The molecular weight excluding hydrogens is 322 g/mol. The number of ether oxygens (including phenoxy) is 1. The fourth-order valence-electron chi connectivity index (χ4n) is 2.08. The van der Waals surface area contributed by atoms with Crippen LogP contribution in [0, 0.1) is 13.8 Å². The predicted molar refractivity (Wildman–Crippen MR) is 88.1 cm³/mol. The molecule has 2 aromatic rings. The Bertz CT molecular complexity index is 739. The van der Waals surface area contributed by atoms with Crippen LogP contribution in [0.15, 0.2) is 47.4 Å². The van der Waals surface area contributed by atoms with Crippen LogP contribution in [0.25, 0.3) is 0 Å². The third kappa shape index (κ3) is 4.73. The highest BCUT2D eigenvalue weighted by Crippen LogP contribution is 2.17. The molecule has 1 N–H and O–H groups in total. The van der Waals surface area contributed by atoms with Gasteiger partial charge in [-0.1, -0.05) is 23.7 Å². The molecule has 0 atom stereocenters. The molecule has 0 bridgehead atoms. The number of halogens is 1. The highest BCUT2D eigenvalue weighted by Gasteiger charge is 2.13. The second-order valence-electron chi connectivity index (χ2n) is 5.03. The molecule has 0 heterocycles. The SMILES string of the molecule is Cc1cc(C)cc(OCCNS(=O)(=O)c2cccc(Cl)c2)c1. The Morgan fingerprint density at radius 2 is 1.77 bits per heavy atom. The van der Waals surface area contributed by atoms with E-state index in [0.29, 0.717) is 5.02 Å². The van der Waals surface area contributed by atoms with E-state index in [1.807, 2.05) is 26.0 Å². The van der Waals surface area contributed by atoms with Crippen LogP contribution in [0.4, 0.5) is 0 Å². The van der Waals surface area contributed by atoms with E-state index < -0.39 is 10.0 Å². The Hall–Kier alpha value is -1.56. The summed E-state index contributed by atoms with van der Waals surface area (Å²) in [6.07, 6.45) is 0. The van der Waals surface area contributed by atoms with Gasteiger partial charge in [0.25, 0.3) is 0 Å². The minimum absolute atomic E-state index is 0.145. The van der Waals surface area contributed by atoms with Crippen molar-refractivity contribution in [2.75, 3.05) is 13.2 Å². The number of nitrogens with one attached hydrogen (secondary N) is 1. The van der Waals surface area contributed by atoms with E-state index in [4.69, 9.17) is 16.3 Å². The Labute approximate surface area is 136 Å². The summed E-state index contributed by atoms with van der Waals surface area (Å²) < 4.78 is 32.2. The van der Waals surface area contributed by atoms with Crippen LogP contribution in [0.5, 0.6) is 5.75 Å². The molecule has 0 unspecified atom stereocenters. The molecule has 0 amide bonds. The van der Waals surface area contributed by atoms with Crippen molar-refractivity contribution in [3.63, 3.8) is 0 Å². The van der Waals surface area contributed by atoms with E-state index in [9.17, 15) is 8.42 Å². The first kappa shape index (κ1) is 16.8. The number of rotatable bonds is 6. The van der Waals surface area contributed by atoms with E-state index in [1.165, 1.54) is 12.1 Å². The van der Waals surface area contributed by atoms with Crippen LogP contribution in [0.1, 0.15) is 11.1 Å². The summed E-state index contributed by atoms with van der Waals surface area (Å²) in [4.78, 5) is 0.145. The number of aryl methyl sites for hydroxylation is 2. The number of benzene rings is 2. The number of hydrogen-bond donors (Lipinski definition) is 1. The largest absolute Gasteiger partial charge is 0.492 e. The summed E-state index contributed by atoms with van der Waals surface area (Å²) in [6.45, 7) is 4.41. The summed E-state index contributed by atoms with van der Waals surface area (Å²) in [7, 11) is -3.57. The second-order valence-corrected chi connectivity index (χ2v) is 7.23. The zero-order valence-electron chi connectivity index (χ0n) is 12.5. The lowest BCUT2D eigenvalue weighted by molar-refractivity contribution is 0.322. The lowest BCUT2D eigenvalue weighted by Gasteiger charge is -2.10. The Morgan fingerprint density at radius 3 is 2.41 bits per heavy atom. The van der Waals surface area contributed by atoms with Crippen LogP contribution in [0.2, 0.25) is 5.02 Å². The summed E-state index contributed by atoms with van der Waals surface area (Å²) >= 11 is 5.80. The summed E-state index contributed by atoms with van der Waals surface area (Å²) in [6, 6.07) is 12.0. The van der Waals surface area contributed by atoms with E-state index in [1.54, 1.807) is 12.1 Å². The van der Waals surface area contributed by atoms with Gasteiger partial charge in [-0.2, -0.15) is 0 Å². The average Bonchev–Trinajstić information content (AvgIpc) is 2.43. The van der Waals surface area contributed by atoms with E-state index in [0.717, 1.165) is 16.9 Å². The molecule has 2 aromatic carbocycles. The van der Waals surface area contributed by atoms with Gasteiger partial charge in [-0.25, -0.2) is 13.1 Å². The van der Waals surface area contributed by atoms with Crippen molar-refractivity contribution >= 4 is 21.6 Å². The van der Waals surface area contributed by atoms with Crippen molar-refractivity contribution < 1.29 is 13.2 Å². The molecule has 0 radical (unpaired) electrons. The monoisotopic (exact) mass is 339 g/mol. The normalized spacial score (nSPS) is 11.4. The first-order valence-electron chi connectivity index (χ1n) is 6.83. The minimum Gasteiger partial charge on any atom is -0.492 e. The van der Waals surface area contributed by atoms with Crippen molar-refractivity contribution in [2.24, 2.45) is 0 Å². The van der Waals surface area contributed by atoms with Gasteiger partial charge in [0.05, 0.1) is 4.90 Å². The highest BCUT2D eigenvalue weighted by molar-refractivity contribution is 7.89. The summed E-state index contributed by atoms with van der Waals surface area (Å²) in [5.41, 5.74) is 2.21. The number of sulfonamides is 1. The molecule has 0 saturated carbocycles.